The molecule has 0 aliphatic rings. The number of amides is 2. The summed E-state index contributed by atoms with van der Waals surface area (Å²) in [4.78, 5) is 25.6. The molecule has 160 valence electrons. The first kappa shape index (κ1) is 22.2. The molecule has 0 aliphatic heterocycles. The highest BCUT2D eigenvalue weighted by molar-refractivity contribution is 7.89. The predicted molar refractivity (Wildman–Crippen MR) is 119 cm³/mol. The number of para-hydroxylation sites is 1. The molecule has 8 heteroatoms. The molecular weight excluding hydrogens is 414 g/mol. The van der Waals surface area contributed by atoms with E-state index in [0.29, 0.717) is 11.3 Å². The van der Waals surface area contributed by atoms with E-state index in [1.54, 1.807) is 24.3 Å². The fraction of sp³-hybridized carbons (Fsp3) is 0.130. The Kier molecular flexibility index (Phi) is 6.84. The van der Waals surface area contributed by atoms with Gasteiger partial charge in [-0.25, -0.2) is 13.1 Å². The summed E-state index contributed by atoms with van der Waals surface area (Å²) in [5.74, 6) is -0.858. The van der Waals surface area contributed by atoms with Crippen LogP contribution in [0.2, 0.25) is 0 Å². The summed E-state index contributed by atoms with van der Waals surface area (Å²) in [6, 6.07) is 21.6. The van der Waals surface area contributed by atoms with Crippen molar-refractivity contribution in [2.45, 2.75) is 17.9 Å². The molecule has 3 aromatic rings. The third kappa shape index (κ3) is 5.36. The molecule has 7 nitrogen and oxygen atoms in total. The van der Waals surface area contributed by atoms with E-state index < -0.39 is 15.9 Å². The van der Waals surface area contributed by atoms with Crippen LogP contribution in [0.15, 0.2) is 83.8 Å². The molecule has 0 unspecified atom stereocenters. The minimum absolute atomic E-state index is 0.0228. The monoisotopic (exact) mass is 437 g/mol. The van der Waals surface area contributed by atoms with Gasteiger partial charge in [0.2, 0.25) is 10.0 Å². The first-order chi connectivity index (χ1) is 14.8. The molecular formula is C23H23N3O4S. The SMILES string of the molecule is CNS(=O)(=O)c1cccc(C(=O)Nc2ccccc2C(=O)N[C@@H](C)c2ccccc2)c1. The number of carbonyl (C=O) groups is 2. The summed E-state index contributed by atoms with van der Waals surface area (Å²) in [5, 5.41) is 5.63. The molecule has 0 saturated heterocycles. The number of hydrogen-bond acceptors (Lipinski definition) is 4. The van der Waals surface area contributed by atoms with Crippen molar-refractivity contribution in [1.29, 1.82) is 0 Å². The summed E-state index contributed by atoms with van der Waals surface area (Å²) in [5.41, 5.74) is 1.74. The van der Waals surface area contributed by atoms with E-state index in [-0.39, 0.29) is 22.4 Å². The van der Waals surface area contributed by atoms with Crippen molar-refractivity contribution < 1.29 is 18.0 Å². The van der Waals surface area contributed by atoms with E-state index in [1.807, 2.05) is 37.3 Å². The highest BCUT2D eigenvalue weighted by Crippen LogP contribution is 2.19. The largest absolute Gasteiger partial charge is 0.345 e. The second kappa shape index (κ2) is 9.55. The zero-order chi connectivity index (χ0) is 22.4. The van der Waals surface area contributed by atoms with Gasteiger partial charge in [-0.1, -0.05) is 48.5 Å². The maximum Gasteiger partial charge on any atom is 0.255 e. The summed E-state index contributed by atoms with van der Waals surface area (Å²) < 4.78 is 26.2. The second-order valence-corrected chi connectivity index (χ2v) is 8.73. The summed E-state index contributed by atoms with van der Waals surface area (Å²) in [6.07, 6.45) is 0. The Morgan fingerprint density at radius 1 is 0.839 bits per heavy atom. The molecule has 1 atom stereocenters. The molecule has 3 aromatic carbocycles. The summed E-state index contributed by atoms with van der Waals surface area (Å²) >= 11 is 0. The number of rotatable bonds is 7. The van der Waals surface area contributed by atoms with Crippen LogP contribution < -0.4 is 15.4 Å². The van der Waals surface area contributed by atoms with Gasteiger partial charge in [-0.15, -0.1) is 0 Å². The minimum atomic E-state index is -3.68. The maximum absolute atomic E-state index is 12.8. The van der Waals surface area contributed by atoms with Crippen LogP contribution in [-0.2, 0) is 10.0 Å². The van der Waals surface area contributed by atoms with E-state index in [1.165, 1.54) is 31.3 Å². The van der Waals surface area contributed by atoms with E-state index in [9.17, 15) is 18.0 Å². The van der Waals surface area contributed by atoms with Gasteiger partial charge in [-0.05, 0) is 49.9 Å². The van der Waals surface area contributed by atoms with Gasteiger partial charge in [0.1, 0.15) is 0 Å². The molecule has 0 bridgehead atoms. The Hall–Kier alpha value is -3.49. The number of carbonyl (C=O) groups excluding carboxylic acids is 2. The van der Waals surface area contributed by atoms with Crippen molar-refractivity contribution in [2.24, 2.45) is 0 Å². The number of hydrogen-bond donors (Lipinski definition) is 3. The number of nitrogens with one attached hydrogen (secondary N) is 3. The van der Waals surface area contributed by atoms with E-state index in [0.717, 1.165) is 5.56 Å². The normalized spacial score (nSPS) is 12.1. The van der Waals surface area contributed by atoms with Gasteiger partial charge in [0.15, 0.2) is 0 Å². The van der Waals surface area contributed by atoms with Crippen molar-refractivity contribution in [2.75, 3.05) is 12.4 Å². The van der Waals surface area contributed by atoms with Gasteiger partial charge >= 0.3 is 0 Å². The van der Waals surface area contributed by atoms with Gasteiger partial charge < -0.3 is 10.6 Å². The van der Waals surface area contributed by atoms with Crippen LogP contribution >= 0.6 is 0 Å². The fourth-order valence-corrected chi connectivity index (χ4v) is 3.78. The topological polar surface area (TPSA) is 104 Å². The highest BCUT2D eigenvalue weighted by atomic mass is 32.2. The zero-order valence-corrected chi connectivity index (χ0v) is 17.9. The second-order valence-electron chi connectivity index (χ2n) is 6.84. The summed E-state index contributed by atoms with van der Waals surface area (Å²) in [6.45, 7) is 1.88. The van der Waals surface area contributed by atoms with Crippen molar-refractivity contribution >= 4 is 27.5 Å². The van der Waals surface area contributed by atoms with Gasteiger partial charge in [0.25, 0.3) is 11.8 Å². The van der Waals surface area contributed by atoms with Crippen LogP contribution in [0.1, 0.15) is 39.2 Å². The quantitative estimate of drug-likeness (QED) is 0.527. The maximum atomic E-state index is 12.8. The van der Waals surface area contributed by atoms with Crippen molar-refractivity contribution in [1.82, 2.24) is 10.0 Å². The lowest BCUT2D eigenvalue weighted by Crippen LogP contribution is -2.28. The number of sulfonamides is 1. The van der Waals surface area contributed by atoms with Crippen molar-refractivity contribution in [3.63, 3.8) is 0 Å². The molecule has 3 rings (SSSR count). The first-order valence-electron chi connectivity index (χ1n) is 9.61. The molecule has 0 spiro atoms. The van der Waals surface area contributed by atoms with E-state index >= 15 is 0 Å². The Labute approximate surface area is 181 Å². The molecule has 0 saturated carbocycles. The Bertz CT molecular complexity index is 1190. The minimum Gasteiger partial charge on any atom is -0.345 e. The van der Waals surface area contributed by atoms with Crippen molar-refractivity contribution in [3.05, 3.63) is 95.6 Å². The van der Waals surface area contributed by atoms with E-state index in [4.69, 9.17) is 0 Å². The number of anilines is 1. The molecule has 3 N–H and O–H groups in total. The molecule has 0 aliphatic carbocycles. The average molecular weight is 438 g/mol. The van der Waals surface area contributed by atoms with Gasteiger partial charge in [-0.3, -0.25) is 9.59 Å². The lowest BCUT2D eigenvalue weighted by atomic mass is 10.1. The smallest absolute Gasteiger partial charge is 0.255 e. The van der Waals surface area contributed by atoms with Crippen LogP contribution in [0.4, 0.5) is 5.69 Å². The highest BCUT2D eigenvalue weighted by Gasteiger charge is 2.18. The van der Waals surface area contributed by atoms with Crippen LogP contribution in [0.3, 0.4) is 0 Å². The molecule has 2 amide bonds. The third-order valence-corrected chi connectivity index (χ3v) is 6.15. The third-order valence-electron chi connectivity index (χ3n) is 4.74. The predicted octanol–water partition coefficient (Wildman–Crippen LogP) is 3.34. The molecule has 31 heavy (non-hydrogen) atoms. The average Bonchev–Trinajstić information content (AvgIpc) is 2.80. The number of benzene rings is 3. The molecule has 0 heterocycles. The standard InChI is InChI=1S/C23H23N3O4S/c1-16(17-9-4-3-5-10-17)25-23(28)20-13-6-7-14-21(20)26-22(27)18-11-8-12-19(15-18)31(29,30)24-2/h3-16,24H,1-2H3,(H,25,28)(H,26,27)/t16-/m0/s1. The van der Waals surface area contributed by atoms with Gasteiger partial charge in [0.05, 0.1) is 22.2 Å². The van der Waals surface area contributed by atoms with Gasteiger partial charge in [-0.2, -0.15) is 0 Å². The molecule has 0 aromatic heterocycles. The summed E-state index contributed by atoms with van der Waals surface area (Å²) in [7, 11) is -2.38. The Morgan fingerprint density at radius 3 is 2.23 bits per heavy atom. The lowest BCUT2D eigenvalue weighted by molar-refractivity contribution is 0.0940. The van der Waals surface area contributed by atoms with Gasteiger partial charge in [0, 0.05) is 5.56 Å². The Balaban J connectivity index is 1.80. The molecule has 0 radical (unpaired) electrons. The van der Waals surface area contributed by atoms with Crippen LogP contribution in [-0.4, -0.2) is 27.3 Å². The van der Waals surface area contributed by atoms with Crippen LogP contribution in [0.5, 0.6) is 0 Å². The first-order valence-corrected chi connectivity index (χ1v) is 11.1. The molecule has 0 fully saturated rings. The van der Waals surface area contributed by atoms with Crippen LogP contribution in [0.25, 0.3) is 0 Å². The fourth-order valence-electron chi connectivity index (χ4n) is 3.01. The Morgan fingerprint density at radius 2 is 1.52 bits per heavy atom. The van der Waals surface area contributed by atoms with Crippen molar-refractivity contribution in [3.8, 4) is 0 Å². The lowest BCUT2D eigenvalue weighted by Gasteiger charge is -2.16. The van der Waals surface area contributed by atoms with E-state index in [2.05, 4.69) is 15.4 Å². The zero-order valence-electron chi connectivity index (χ0n) is 17.1. The van der Waals surface area contributed by atoms with Crippen LogP contribution in [0, 0.1) is 0 Å².